The molecule has 4 heteroatoms. The molecule has 14 heavy (non-hydrogen) atoms. The van der Waals surface area contributed by atoms with Crippen LogP contribution in [0.25, 0.3) is 0 Å². The summed E-state index contributed by atoms with van der Waals surface area (Å²) >= 11 is 5.70. The highest BCUT2D eigenvalue weighted by atomic mass is 35.5. The molecule has 0 heterocycles. The van der Waals surface area contributed by atoms with Gasteiger partial charge in [0.15, 0.2) is 0 Å². The molecule has 1 aromatic carbocycles. The van der Waals surface area contributed by atoms with Crippen molar-refractivity contribution >= 4 is 11.6 Å². The fourth-order valence-corrected chi connectivity index (χ4v) is 1.34. The number of benzene rings is 1. The Balaban J connectivity index is 2.68. The Labute approximate surface area is 88.1 Å². The molecule has 1 aromatic rings. The lowest BCUT2D eigenvalue weighted by Crippen LogP contribution is -2.29. The summed E-state index contributed by atoms with van der Waals surface area (Å²) in [5, 5.41) is 19.0. The van der Waals surface area contributed by atoms with E-state index in [0.717, 1.165) is 5.56 Å². The standard InChI is InChI=1S/C10H14ClNO2/c11-8-3-1-7(2-4-8)10(14)9(12)5-6-13/h1-4,9-10,13-14H,5-6,12H2. The van der Waals surface area contributed by atoms with E-state index in [-0.39, 0.29) is 6.61 Å². The van der Waals surface area contributed by atoms with Crippen molar-refractivity contribution in [2.75, 3.05) is 6.61 Å². The highest BCUT2D eigenvalue weighted by Crippen LogP contribution is 2.19. The highest BCUT2D eigenvalue weighted by Gasteiger charge is 2.15. The molecular formula is C10H14ClNO2. The van der Waals surface area contributed by atoms with Crippen LogP contribution < -0.4 is 5.73 Å². The molecule has 0 bridgehead atoms. The van der Waals surface area contributed by atoms with E-state index >= 15 is 0 Å². The summed E-state index contributed by atoms with van der Waals surface area (Å²) in [5.41, 5.74) is 6.37. The average Bonchev–Trinajstić information content (AvgIpc) is 2.18. The largest absolute Gasteiger partial charge is 0.396 e. The van der Waals surface area contributed by atoms with Gasteiger partial charge >= 0.3 is 0 Å². The van der Waals surface area contributed by atoms with Crippen molar-refractivity contribution in [2.24, 2.45) is 5.73 Å². The number of rotatable bonds is 4. The molecule has 0 aliphatic heterocycles. The van der Waals surface area contributed by atoms with E-state index in [0.29, 0.717) is 11.4 Å². The van der Waals surface area contributed by atoms with Gasteiger partial charge in [-0.3, -0.25) is 0 Å². The van der Waals surface area contributed by atoms with E-state index in [1.54, 1.807) is 24.3 Å². The molecule has 0 saturated carbocycles. The Morgan fingerprint density at radius 2 is 1.86 bits per heavy atom. The van der Waals surface area contributed by atoms with Gasteiger partial charge in [0.25, 0.3) is 0 Å². The zero-order valence-electron chi connectivity index (χ0n) is 7.73. The van der Waals surface area contributed by atoms with E-state index in [1.807, 2.05) is 0 Å². The zero-order valence-corrected chi connectivity index (χ0v) is 8.48. The van der Waals surface area contributed by atoms with E-state index in [9.17, 15) is 5.11 Å². The van der Waals surface area contributed by atoms with Gasteiger partial charge in [-0.1, -0.05) is 23.7 Å². The molecule has 0 amide bonds. The lowest BCUT2D eigenvalue weighted by atomic mass is 10.0. The van der Waals surface area contributed by atoms with Gasteiger partial charge in [-0.25, -0.2) is 0 Å². The van der Waals surface area contributed by atoms with Gasteiger partial charge in [0.05, 0.1) is 6.10 Å². The summed E-state index contributed by atoms with van der Waals surface area (Å²) < 4.78 is 0. The van der Waals surface area contributed by atoms with Crippen LogP contribution in [0.2, 0.25) is 5.02 Å². The number of aliphatic hydroxyl groups excluding tert-OH is 2. The maximum absolute atomic E-state index is 9.73. The first-order valence-electron chi connectivity index (χ1n) is 4.45. The Hall–Kier alpha value is -0.610. The Kier molecular flexibility index (Phi) is 4.35. The van der Waals surface area contributed by atoms with Crippen LogP contribution in [0, 0.1) is 0 Å². The fourth-order valence-electron chi connectivity index (χ4n) is 1.21. The third-order valence-corrected chi connectivity index (χ3v) is 2.33. The molecule has 3 nitrogen and oxygen atoms in total. The number of hydrogen-bond donors (Lipinski definition) is 3. The molecule has 2 atom stereocenters. The lowest BCUT2D eigenvalue weighted by Gasteiger charge is -2.18. The van der Waals surface area contributed by atoms with Gasteiger partial charge in [0.1, 0.15) is 0 Å². The fraction of sp³-hybridized carbons (Fsp3) is 0.400. The van der Waals surface area contributed by atoms with Crippen molar-refractivity contribution < 1.29 is 10.2 Å². The van der Waals surface area contributed by atoms with Crippen molar-refractivity contribution in [1.82, 2.24) is 0 Å². The molecule has 0 fully saturated rings. The summed E-state index contributed by atoms with van der Waals surface area (Å²) in [7, 11) is 0. The normalized spacial score (nSPS) is 15.1. The van der Waals surface area contributed by atoms with Gasteiger partial charge in [-0.2, -0.15) is 0 Å². The van der Waals surface area contributed by atoms with E-state index in [1.165, 1.54) is 0 Å². The van der Waals surface area contributed by atoms with Crippen LogP contribution in [-0.4, -0.2) is 22.9 Å². The van der Waals surface area contributed by atoms with Crippen molar-refractivity contribution in [1.29, 1.82) is 0 Å². The molecule has 1 rings (SSSR count). The zero-order chi connectivity index (χ0) is 10.6. The minimum Gasteiger partial charge on any atom is -0.396 e. The first kappa shape index (κ1) is 11.5. The maximum Gasteiger partial charge on any atom is 0.0941 e. The van der Waals surface area contributed by atoms with Crippen LogP contribution in [0.4, 0.5) is 0 Å². The van der Waals surface area contributed by atoms with Crippen molar-refractivity contribution in [3.63, 3.8) is 0 Å². The second kappa shape index (κ2) is 5.32. The summed E-state index contributed by atoms with van der Waals surface area (Å²) in [6.45, 7) is -0.0220. The highest BCUT2D eigenvalue weighted by molar-refractivity contribution is 6.30. The van der Waals surface area contributed by atoms with Crippen LogP contribution in [-0.2, 0) is 0 Å². The minimum atomic E-state index is -0.751. The predicted octanol–water partition coefficient (Wildman–Crippen LogP) is 1.08. The molecule has 0 aliphatic rings. The van der Waals surface area contributed by atoms with E-state index in [4.69, 9.17) is 22.4 Å². The van der Waals surface area contributed by atoms with Crippen molar-refractivity contribution in [3.8, 4) is 0 Å². The topological polar surface area (TPSA) is 66.5 Å². The molecule has 4 N–H and O–H groups in total. The summed E-state index contributed by atoms with van der Waals surface area (Å²) in [6.07, 6.45) is -0.372. The van der Waals surface area contributed by atoms with Gasteiger partial charge in [-0.15, -0.1) is 0 Å². The Morgan fingerprint density at radius 3 is 2.36 bits per heavy atom. The second-order valence-corrected chi connectivity index (χ2v) is 3.61. The van der Waals surface area contributed by atoms with E-state index in [2.05, 4.69) is 0 Å². The first-order valence-corrected chi connectivity index (χ1v) is 4.83. The quantitative estimate of drug-likeness (QED) is 0.704. The smallest absolute Gasteiger partial charge is 0.0941 e. The number of hydrogen-bond acceptors (Lipinski definition) is 3. The van der Waals surface area contributed by atoms with Gasteiger partial charge in [0.2, 0.25) is 0 Å². The van der Waals surface area contributed by atoms with Crippen LogP contribution in [0.1, 0.15) is 18.1 Å². The third-order valence-electron chi connectivity index (χ3n) is 2.08. The Bertz CT molecular complexity index is 276. The summed E-state index contributed by atoms with van der Waals surface area (Å²) in [6, 6.07) is 6.41. The Morgan fingerprint density at radius 1 is 1.29 bits per heavy atom. The van der Waals surface area contributed by atoms with Crippen LogP contribution >= 0.6 is 11.6 Å². The monoisotopic (exact) mass is 215 g/mol. The van der Waals surface area contributed by atoms with Crippen LogP contribution in [0.5, 0.6) is 0 Å². The summed E-state index contributed by atoms with van der Waals surface area (Å²) in [5.74, 6) is 0. The van der Waals surface area contributed by atoms with Gasteiger partial charge in [0, 0.05) is 17.7 Å². The van der Waals surface area contributed by atoms with Crippen LogP contribution in [0.3, 0.4) is 0 Å². The number of halogens is 1. The number of nitrogens with two attached hydrogens (primary N) is 1. The van der Waals surface area contributed by atoms with Crippen LogP contribution in [0.15, 0.2) is 24.3 Å². The van der Waals surface area contributed by atoms with E-state index < -0.39 is 12.1 Å². The molecule has 78 valence electrons. The molecule has 0 saturated heterocycles. The minimum absolute atomic E-state index is 0.0220. The third kappa shape index (κ3) is 2.96. The lowest BCUT2D eigenvalue weighted by molar-refractivity contribution is 0.129. The molecule has 0 spiro atoms. The molecular weight excluding hydrogens is 202 g/mol. The first-order chi connectivity index (χ1) is 6.65. The molecule has 0 aromatic heterocycles. The van der Waals surface area contributed by atoms with Crippen molar-refractivity contribution in [3.05, 3.63) is 34.9 Å². The number of aliphatic hydroxyl groups is 2. The SMILES string of the molecule is NC(CCO)C(O)c1ccc(Cl)cc1. The van der Waals surface area contributed by atoms with Crippen molar-refractivity contribution in [2.45, 2.75) is 18.6 Å². The molecule has 0 radical (unpaired) electrons. The molecule has 0 aliphatic carbocycles. The predicted molar refractivity (Wildman–Crippen MR) is 56.1 cm³/mol. The van der Waals surface area contributed by atoms with Gasteiger partial charge in [-0.05, 0) is 24.1 Å². The molecule has 2 unspecified atom stereocenters. The maximum atomic E-state index is 9.73. The second-order valence-electron chi connectivity index (χ2n) is 3.17. The average molecular weight is 216 g/mol. The van der Waals surface area contributed by atoms with Gasteiger partial charge < -0.3 is 15.9 Å². The summed E-state index contributed by atoms with van der Waals surface area (Å²) in [4.78, 5) is 0.